The van der Waals surface area contributed by atoms with Crippen molar-refractivity contribution in [3.05, 3.63) is 77.4 Å². The molecule has 1 nitrogen and oxygen atoms in total. The Labute approximate surface area is 126 Å². The third-order valence-electron chi connectivity index (χ3n) is 3.91. The SMILES string of the molecule is COc1ccc2c(c1)CCC=C2C/C=C/c1ccccc1. The van der Waals surface area contributed by atoms with Crippen LogP contribution in [0.1, 0.15) is 29.5 Å². The molecule has 0 fully saturated rings. The van der Waals surface area contributed by atoms with Gasteiger partial charge in [0.25, 0.3) is 0 Å². The van der Waals surface area contributed by atoms with Crippen LogP contribution in [0.2, 0.25) is 0 Å². The Hall–Kier alpha value is -2.28. The second-order valence-corrected chi connectivity index (χ2v) is 5.31. The lowest BCUT2D eigenvalue weighted by Gasteiger charge is -2.17. The van der Waals surface area contributed by atoms with Crippen LogP contribution < -0.4 is 4.74 Å². The van der Waals surface area contributed by atoms with Gasteiger partial charge in [0.05, 0.1) is 7.11 Å². The summed E-state index contributed by atoms with van der Waals surface area (Å²) in [7, 11) is 1.73. The first-order valence-corrected chi connectivity index (χ1v) is 7.45. The van der Waals surface area contributed by atoms with Gasteiger partial charge in [0.15, 0.2) is 0 Å². The van der Waals surface area contributed by atoms with Gasteiger partial charge in [0.1, 0.15) is 5.75 Å². The molecule has 3 rings (SSSR count). The van der Waals surface area contributed by atoms with Crippen LogP contribution in [0, 0.1) is 0 Å². The number of methoxy groups -OCH3 is 1. The van der Waals surface area contributed by atoms with Gasteiger partial charge in [-0.1, -0.05) is 54.6 Å². The molecular weight excluding hydrogens is 256 g/mol. The molecule has 0 atom stereocenters. The summed E-state index contributed by atoms with van der Waals surface area (Å²) in [5, 5.41) is 0. The van der Waals surface area contributed by atoms with Gasteiger partial charge in [-0.15, -0.1) is 0 Å². The van der Waals surface area contributed by atoms with Crippen molar-refractivity contribution in [2.75, 3.05) is 7.11 Å². The molecule has 0 N–H and O–H groups in total. The van der Waals surface area contributed by atoms with Crippen molar-refractivity contribution >= 4 is 11.6 Å². The Morgan fingerprint density at radius 1 is 1.10 bits per heavy atom. The fourth-order valence-corrected chi connectivity index (χ4v) is 2.81. The smallest absolute Gasteiger partial charge is 0.119 e. The number of rotatable bonds is 4. The minimum atomic E-state index is 0.954. The fraction of sp³-hybridized carbons (Fsp3) is 0.200. The largest absolute Gasteiger partial charge is 0.497 e. The predicted octanol–water partition coefficient (Wildman–Crippen LogP) is 5.13. The minimum Gasteiger partial charge on any atom is -0.497 e. The molecule has 0 radical (unpaired) electrons. The van der Waals surface area contributed by atoms with E-state index in [1.165, 1.54) is 22.3 Å². The minimum absolute atomic E-state index is 0.954. The zero-order chi connectivity index (χ0) is 14.5. The molecule has 0 aromatic heterocycles. The second-order valence-electron chi connectivity index (χ2n) is 5.31. The Morgan fingerprint density at radius 3 is 2.76 bits per heavy atom. The molecular formula is C20H20O. The van der Waals surface area contributed by atoms with E-state index < -0.39 is 0 Å². The first-order valence-electron chi connectivity index (χ1n) is 7.45. The zero-order valence-corrected chi connectivity index (χ0v) is 12.4. The Morgan fingerprint density at radius 2 is 1.95 bits per heavy atom. The summed E-state index contributed by atoms with van der Waals surface area (Å²) in [5.74, 6) is 0.954. The fourth-order valence-electron chi connectivity index (χ4n) is 2.81. The van der Waals surface area contributed by atoms with E-state index in [4.69, 9.17) is 4.74 Å². The highest BCUT2D eigenvalue weighted by Gasteiger charge is 2.12. The predicted molar refractivity (Wildman–Crippen MR) is 89.4 cm³/mol. The third kappa shape index (κ3) is 3.25. The van der Waals surface area contributed by atoms with Crippen molar-refractivity contribution in [2.24, 2.45) is 0 Å². The van der Waals surface area contributed by atoms with E-state index in [-0.39, 0.29) is 0 Å². The Kier molecular flexibility index (Phi) is 4.20. The number of aryl methyl sites for hydroxylation is 1. The number of hydrogen-bond acceptors (Lipinski definition) is 1. The maximum Gasteiger partial charge on any atom is 0.119 e. The van der Waals surface area contributed by atoms with E-state index in [1.54, 1.807) is 7.11 Å². The molecule has 0 aliphatic heterocycles. The van der Waals surface area contributed by atoms with Gasteiger partial charge in [-0.3, -0.25) is 0 Å². The Bertz CT molecular complexity index is 665. The summed E-state index contributed by atoms with van der Waals surface area (Å²) in [4.78, 5) is 0. The molecule has 0 saturated heterocycles. The normalized spacial score (nSPS) is 13.9. The summed E-state index contributed by atoms with van der Waals surface area (Å²) in [6.45, 7) is 0. The van der Waals surface area contributed by atoms with Crippen molar-refractivity contribution in [1.82, 2.24) is 0 Å². The van der Waals surface area contributed by atoms with Crippen LogP contribution in [-0.4, -0.2) is 7.11 Å². The lowest BCUT2D eigenvalue weighted by atomic mass is 9.89. The zero-order valence-electron chi connectivity index (χ0n) is 12.4. The lowest BCUT2D eigenvalue weighted by molar-refractivity contribution is 0.414. The molecule has 0 amide bonds. The van der Waals surface area contributed by atoms with E-state index in [9.17, 15) is 0 Å². The highest BCUT2D eigenvalue weighted by molar-refractivity contribution is 5.72. The maximum absolute atomic E-state index is 5.32. The van der Waals surface area contributed by atoms with Gasteiger partial charge >= 0.3 is 0 Å². The molecule has 0 saturated carbocycles. The van der Waals surface area contributed by atoms with Crippen molar-refractivity contribution in [3.8, 4) is 5.75 Å². The first kappa shape index (κ1) is 13.7. The van der Waals surface area contributed by atoms with Gasteiger partial charge in [-0.2, -0.15) is 0 Å². The topological polar surface area (TPSA) is 9.23 Å². The van der Waals surface area contributed by atoms with E-state index in [2.05, 4.69) is 60.7 Å². The van der Waals surface area contributed by atoms with E-state index in [0.717, 1.165) is 25.0 Å². The van der Waals surface area contributed by atoms with Crippen LogP contribution in [0.3, 0.4) is 0 Å². The molecule has 2 aromatic rings. The van der Waals surface area contributed by atoms with Crippen molar-refractivity contribution in [2.45, 2.75) is 19.3 Å². The maximum atomic E-state index is 5.32. The molecule has 1 aliphatic rings. The number of allylic oxidation sites excluding steroid dienone is 3. The van der Waals surface area contributed by atoms with Crippen LogP contribution in [0.4, 0.5) is 0 Å². The van der Waals surface area contributed by atoms with Gasteiger partial charge < -0.3 is 4.74 Å². The van der Waals surface area contributed by atoms with Gasteiger partial charge in [-0.25, -0.2) is 0 Å². The van der Waals surface area contributed by atoms with Gasteiger partial charge in [0, 0.05) is 0 Å². The summed E-state index contributed by atoms with van der Waals surface area (Å²) in [6.07, 6.45) is 10.0. The molecule has 1 aliphatic carbocycles. The first-order chi connectivity index (χ1) is 10.4. The number of benzene rings is 2. The number of ether oxygens (including phenoxy) is 1. The molecule has 106 valence electrons. The summed E-state index contributed by atoms with van der Waals surface area (Å²) in [6, 6.07) is 16.9. The van der Waals surface area contributed by atoms with Gasteiger partial charge in [0.2, 0.25) is 0 Å². The summed E-state index contributed by atoms with van der Waals surface area (Å²) >= 11 is 0. The van der Waals surface area contributed by atoms with Crippen LogP contribution in [0.5, 0.6) is 5.75 Å². The standard InChI is InChI=1S/C20H20O/c1-21-19-13-14-20-17(11-6-12-18(20)15-19)10-5-9-16-7-3-2-4-8-16/h2-5,7-9,11,13-15H,6,10,12H2,1H3/b9-5+. The molecule has 0 heterocycles. The monoisotopic (exact) mass is 276 g/mol. The van der Waals surface area contributed by atoms with Crippen molar-refractivity contribution in [1.29, 1.82) is 0 Å². The van der Waals surface area contributed by atoms with Gasteiger partial charge in [-0.05, 0) is 53.7 Å². The van der Waals surface area contributed by atoms with E-state index >= 15 is 0 Å². The van der Waals surface area contributed by atoms with Crippen LogP contribution >= 0.6 is 0 Å². The molecule has 0 unspecified atom stereocenters. The molecule has 21 heavy (non-hydrogen) atoms. The van der Waals surface area contributed by atoms with Crippen molar-refractivity contribution < 1.29 is 4.74 Å². The average molecular weight is 276 g/mol. The van der Waals surface area contributed by atoms with E-state index in [1.807, 2.05) is 6.07 Å². The van der Waals surface area contributed by atoms with E-state index in [0.29, 0.717) is 0 Å². The highest BCUT2D eigenvalue weighted by Crippen LogP contribution is 2.31. The highest BCUT2D eigenvalue weighted by atomic mass is 16.5. The Balaban J connectivity index is 1.75. The average Bonchev–Trinajstić information content (AvgIpc) is 2.55. The molecule has 2 aromatic carbocycles. The van der Waals surface area contributed by atoms with Crippen molar-refractivity contribution in [3.63, 3.8) is 0 Å². The molecule has 1 heteroatoms. The lowest BCUT2D eigenvalue weighted by Crippen LogP contribution is -2.00. The number of fused-ring (bicyclic) bond motifs is 1. The number of hydrogen-bond donors (Lipinski definition) is 0. The molecule has 0 spiro atoms. The van der Waals surface area contributed by atoms with Crippen LogP contribution in [0.15, 0.2) is 60.7 Å². The van der Waals surface area contributed by atoms with Crippen LogP contribution in [0.25, 0.3) is 11.6 Å². The summed E-state index contributed by atoms with van der Waals surface area (Å²) in [5.41, 5.74) is 5.45. The third-order valence-corrected chi connectivity index (χ3v) is 3.91. The summed E-state index contributed by atoms with van der Waals surface area (Å²) < 4.78 is 5.32. The second kappa shape index (κ2) is 6.45. The quantitative estimate of drug-likeness (QED) is 0.752. The van der Waals surface area contributed by atoms with Crippen LogP contribution in [-0.2, 0) is 6.42 Å². The molecule has 0 bridgehead atoms.